The summed E-state index contributed by atoms with van der Waals surface area (Å²) in [7, 11) is 4.15. The van der Waals surface area contributed by atoms with Crippen molar-refractivity contribution in [3.63, 3.8) is 0 Å². The molecule has 29 heavy (non-hydrogen) atoms. The van der Waals surface area contributed by atoms with Crippen LogP contribution in [0.2, 0.25) is 0 Å². The molecule has 1 N–H and O–H groups in total. The van der Waals surface area contributed by atoms with E-state index in [-0.39, 0.29) is 24.0 Å². The number of piperidine rings is 1. The van der Waals surface area contributed by atoms with Crippen molar-refractivity contribution in [2.75, 3.05) is 31.6 Å². The summed E-state index contributed by atoms with van der Waals surface area (Å²) in [6.45, 7) is 8.95. The minimum Gasteiger partial charge on any atom is -0.357 e. The summed E-state index contributed by atoms with van der Waals surface area (Å²) in [5, 5.41) is 3.39. The largest absolute Gasteiger partial charge is 0.357 e. The molecular weight excluding hydrogens is 475 g/mol. The van der Waals surface area contributed by atoms with Gasteiger partial charge in [-0.1, -0.05) is 13.0 Å². The van der Waals surface area contributed by atoms with Crippen molar-refractivity contribution < 1.29 is 0 Å². The fourth-order valence-electron chi connectivity index (χ4n) is 3.55. The summed E-state index contributed by atoms with van der Waals surface area (Å²) >= 11 is 0. The standard InChI is InChI=1S/C22H34N6.HI/c1-5-23-22(27(4)17-20-7-6-12-26(20)3)25-16-19-8-9-21(24-15-19)28-13-10-18(2)11-14-28;/h6-9,12,15,18H,5,10-11,13-14,16-17H2,1-4H3,(H,23,25);1H. The van der Waals surface area contributed by atoms with E-state index >= 15 is 0 Å². The number of hydrogen-bond acceptors (Lipinski definition) is 3. The lowest BCUT2D eigenvalue weighted by atomic mass is 9.99. The van der Waals surface area contributed by atoms with Crippen LogP contribution in [0.25, 0.3) is 0 Å². The third-order valence-corrected chi connectivity index (χ3v) is 5.48. The number of hydrogen-bond donors (Lipinski definition) is 1. The van der Waals surface area contributed by atoms with Crippen LogP contribution in [0.4, 0.5) is 5.82 Å². The fourth-order valence-corrected chi connectivity index (χ4v) is 3.55. The molecule has 7 heteroatoms. The Labute approximate surface area is 192 Å². The molecule has 0 saturated carbocycles. The van der Waals surface area contributed by atoms with Crippen LogP contribution in [0.3, 0.4) is 0 Å². The van der Waals surface area contributed by atoms with Crippen molar-refractivity contribution in [3.8, 4) is 0 Å². The molecule has 3 heterocycles. The zero-order valence-electron chi connectivity index (χ0n) is 18.1. The van der Waals surface area contributed by atoms with Crippen LogP contribution in [-0.4, -0.2) is 47.1 Å². The van der Waals surface area contributed by atoms with Crippen LogP contribution >= 0.6 is 24.0 Å². The summed E-state index contributed by atoms with van der Waals surface area (Å²) in [6.07, 6.45) is 6.56. The third-order valence-electron chi connectivity index (χ3n) is 5.48. The van der Waals surface area contributed by atoms with E-state index in [1.807, 2.05) is 6.20 Å². The highest BCUT2D eigenvalue weighted by Crippen LogP contribution is 2.21. The van der Waals surface area contributed by atoms with Crippen molar-refractivity contribution in [1.82, 2.24) is 19.8 Å². The molecule has 1 aliphatic heterocycles. The Balaban J connectivity index is 0.00000300. The molecular formula is C22H35IN6. The number of nitrogens with one attached hydrogen (secondary N) is 1. The van der Waals surface area contributed by atoms with Crippen LogP contribution in [0.5, 0.6) is 0 Å². The van der Waals surface area contributed by atoms with Gasteiger partial charge in [-0.15, -0.1) is 24.0 Å². The number of aliphatic imine (C=N–C) groups is 1. The second kappa shape index (κ2) is 11.4. The minimum absolute atomic E-state index is 0. The molecule has 2 aromatic heterocycles. The van der Waals surface area contributed by atoms with Gasteiger partial charge in [0, 0.05) is 51.8 Å². The quantitative estimate of drug-likeness (QED) is 0.364. The molecule has 0 aromatic carbocycles. The maximum Gasteiger partial charge on any atom is 0.194 e. The van der Waals surface area contributed by atoms with E-state index in [9.17, 15) is 0 Å². The minimum atomic E-state index is 0. The lowest BCUT2D eigenvalue weighted by molar-refractivity contribution is 0.436. The van der Waals surface area contributed by atoms with E-state index in [0.717, 1.165) is 49.4 Å². The number of halogens is 1. The molecule has 160 valence electrons. The van der Waals surface area contributed by atoms with Gasteiger partial charge in [0.05, 0.1) is 13.1 Å². The third kappa shape index (κ3) is 6.62. The molecule has 0 amide bonds. The lowest BCUT2D eigenvalue weighted by Gasteiger charge is -2.31. The summed E-state index contributed by atoms with van der Waals surface area (Å²) in [4.78, 5) is 14.1. The van der Waals surface area contributed by atoms with Gasteiger partial charge in [0.25, 0.3) is 0 Å². The maximum absolute atomic E-state index is 4.81. The highest BCUT2D eigenvalue weighted by atomic mass is 127. The molecule has 1 saturated heterocycles. The van der Waals surface area contributed by atoms with Crippen molar-refractivity contribution in [2.24, 2.45) is 18.0 Å². The molecule has 0 spiro atoms. The summed E-state index contributed by atoms with van der Waals surface area (Å²) in [5.41, 5.74) is 2.40. The lowest BCUT2D eigenvalue weighted by Crippen LogP contribution is -2.38. The zero-order valence-corrected chi connectivity index (χ0v) is 20.5. The van der Waals surface area contributed by atoms with Crippen LogP contribution in [0.15, 0.2) is 41.7 Å². The Morgan fingerprint density at radius 3 is 2.62 bits per heavy atom. The first-order valence-electron chi connectivity index (χ1n) is 10.4. The van der Waals surface area contributed by atoms with E-state index in [4.69, 9.17) is 4.99 Å². The van der Waals surface area contributed by atoms with Crippen molar-refractivity contribution >= 4 is 35.8 Å². The highest BCUT2D eigenvalue weighted by molar-refractivity contribution is 14.0. The predicted octanol–water partition coefficient (Wildman–Crippen LogP) is 3.87. The van der Waals surface area contributed by atoms with Crippen LogP contribution in [0, 0.1) is 5.92 Å². The molecule has 0 aliphatic carbocycles. The van der Waals surface area contributed by atoms with Gasteiger partial charge in [0.2, 0.25) is 0 Å². The van der Waals surface area contributed by atoms with Gasteiger partial charge in [-0.3, -0.25) is 0 Å². The molecule has 0 bridgehead atoms. The van der Waals surface area contributed by atoms with Crippen molar-refractivity contribution in [3.05, 3.63) is 47.9 Å². The fraction of sp³-hybridized carbons (Fsp3) is 0.545. The molecule has 0 atom stereocenters. The Hall–Kier alpha value is -1.77. The number of pyridine rings is 1. The normalized spacial score (nSPS) is 15.2. The van der Waals surface area contributed by atoms with Gasteiger partial charge in [0.15, 0.2) is 5.96 Å². The molecule has 6 nitrogen and oxygen atoms in total. The number of rotatable bonds is 6. The van der Waals surface area contributed by atoms with Crippen LogP contribution < -0.4 is 10.2 Å². The number of anilines is 1. The van der Waals surface area contributed by atoms with E-state index in [1.54, 1.807) is 0 Å². The van der Waals surface area contributed by atoms with Gasteiger partial charge >= 0.3 is 0 Å². The second-order valence-corrected chi connectivity index (χ2v) is 7.83. The average Bonchev–Trinajstić information content (AvgIpc) is 3.10. The molecule has 1 fully saturated rings. The van der Waals surface area contributed by atoms with Gasteiger partial charge in [-0.2, -0.15) is 0 Å². The van der Waals surface area contributed by atoms with Gasteiger partial charge in [-0.05, 0) is 49.4 Å². The molecule has 1 aliphatic rings. The summed E-state index contributed by atoms with van der Waals surface area (Å²) in [6, 6.07) is 8.51. The van der Waals surface area contributed by atoms with E-state index in [2.05, 4.69) is 83.1 Å². The average molecular weight is 510 g/mol. The predicted molar refractivity (Wildman–Crippen MR) is 132 cm³/mol. The number of guanidine groups is 1. The molecule has 0 radical (unpaired) electrons. The first-order chi connectivity index (χ1) is 13.6. The number of aryl methyl sites for hydroxylation is 1. The first-order valence-corrected chi connectivity index (χ1v) is 10.4. The van der Waals surface area contributed by atoms with Gasteiger partial charge in [0.1, 0.15) is 5.82 Å². The molecule has 2 aromatic rings. The number of nitrogens with zero attached hydrogens (tertiary/aromatic N) is 5. The zero-order chi connectivity index (χ0) is 19.9. The molecule has 3 rings (SSSR count). The SMILES string of the molecule is CCNC(=NCc1ccc(N2CCC(C)CC2)nc1)N(C)Cc1cccn1C.I. The van der Waals surface area contributed by atoms with E-state index in [0.29, 0.717) is 6.54 Å². The monoisotopic (exact) mass is 510 g/mol. The van der Waals surface area contributed by atoms with Crippen molar-refractivity contribution in [2.45, 2.75) is 39.8 Å². The van der Waals surface area contributed by atoms with Crippen LogP contribution in [-0.2, 0) is 20.1 Å². The Morgan fingerprint density at radius 2 is 2.03 bits per heavy atom. The first kappa shape index (κ1) is 23.5. The summed E-state index contributed by atoms with van der Waals surface area (Å²) < 4.78 is 2.14. The van der Waals surface area contributed by atoms with Crippen molar-refractivity contribution in [1.29, 1.82) is 0 Å². The van der Waals surface area contributed by atoms with Gasteiger partial charge < -0.3 is 19.7 Å². The van der Waals surface area contributed by atoms with E-state index < -0.39 is 0 Å². The second-order valence-electron chi connectivity index (χ2n) is 7.83. The maximum atomic E-state index is 4.81. The smallest absolute Gasteiger partial charge is 0.194 e. The highest BCUT2D eigenvalue weighted by Gasteiger charge is 2.16. The molecule has 0 unspecified atom stereocenters. The van der Waals surface area contributed by atoms with E-state index in [1.165, 1.54) is 18.5 Å². The Kier molecular flexibility index (Phi) is 9.26. The topological polar surface area (TPSA) is 48.7 Å². The Bertz CT molecular complexity index is 762. The Morgan fingerprint density at radius 1 is 1.28 bits per heavy atom. The van der Waals surface area contributed by atoms with Gasteiger partial charge in [-0.25, -0.2) is 9.98 Å². The number of aromatic nitrogens is 2. The van der Waals surface area contributed by atoms with Crippen LogP contribution in [0.1, 0.15) is 37.9 Å². The summed E-state index contributed by atoms with van der Waals surface area (Å²) in [5.74, 6) is 2.84.